The van der Waals surface area contributed by atoms with Crippen LogP contribution >= 0.6 is 0 Å². The van der Waals surface area contributed by atoms with Crippen molar-refractivity contribution in [2.24, 2.45) is 0 Å². The van der Waals surface area contributed by atoms with Crippen LogP contribution in [0, 0.1) is 22.7 Å². The van der Waals surface area contributed by atoms with Crippen LogP contribution in [-0.4, -0.2) is 4.98 Å². The number of aromatic nitrogens is 1. The van der Waals surface area contributed by atoms with Crippen molar-refractivity contribution in [3.05, 3.63) is 83.0 Å². The van der Waals surface area contributed by atoms with Gasteiger partial charge in [-0.1, -0.05) is 60.7 Å². The maximum Gasteiger partial charge on any atom is 0.142 e. The minimum absolute atomic E-state index is 0.164. The van der Waals surface area contributed by atoms with Gasteiger partial charge in [-0.15, -0.1) is 0 Å². The summed E-state index contributed by atoms with van der Waals surface area (Å²) in [5.74, 6) is 0.164. The minimum atomic E-state index is 0.164. The van der Waals surface area contributed by atoms with Crippen molar-refractivity contribution < 1.29 is 0 Å². The van der Waals surface area contributed by atoms with Gasteiger partial charge in [-0.25, -0.2) is 4.98 Å². The molecule has 3 aromatic rings. The number of pyridine rings is 1. The lowest BCUT2D eigenvalue weighted by molar-refractivity contribution is 0.974. The molecule has 0 radical (unpaired) electrons. The van der Waals surface area contributed by atoms with E-state index in [0.29, 0.717) is 23.3 Å². The van der Waals surface area contributed by atoms with Crippen molar-refractivity contribution in [3.63, 3.8) is 0 Å². The minimum Gasteiger partial charge on any atom is -0.383 e. The SMILES string of the molecule is N#CC1=C(c2ccccc2)CCc2c1nc(N)c(C#N)c2-c1ccccc1. The highest BCUT2D eigenvalue weighted by atomic mass is 14.9. The fourth-order valence-corrected chi connectivity index (χ4v) is 3.69. The van der Waals surface area contributed by atoms with Crippen LogP contribution in [0.25, 0.3) is 22.3 Å². The smallest absolute Gasteiger partial charge is 0.142 e. The lowest BCUT2D eigenvalue weighted by Gasteiger charge is -2.23. The third kappa shape index (κ3) is 2.74. The molecule has 4 heteroatoms. The second-order valence-electron chi connectivity index (χ2n) is 6.38. The van der Waals surface area contributed by atoms with Crippen LogP contribution < -0.4 is 5.73 Å². The first-order valence-corrected chi connectivity index (χ1v) is 8.71. The number of benzene rings is 2. The second-order valence-corrected chi connectivity index (χ2v) is 6.38. The Kier molecular flexibility index (Phi) is 4.16. The van der Waals surface area contributed by atoms with E-state index in [1.165, 1.54) is 0 Å². The lowest BCUT2D eigenvalue weighted by atomic mass is 9.81. The molecular formula is C23H16N4. The Balaban J connectivity index is 2.03. The number of hydrogen-bond donors (Lipinski definition) is 1. The van der Waals surface area contributed by atoms with Crippen LogP contribution in [0.15, 0.2) is 60.7 Å². The van der Waals surface area contributed by atoms with Crippen molar-refractivity contribution in [2.45, 2.75) is 12.8 Å². The number of nitrogens with two attached hydrogens (primary N) is 1. The van der Waals surface area contributed by atoms with Crippen molar-refractivity contribution in [2.75, 3.05) is 5.73 Å². The first kappa shape index (κ1) is 16.6. The Morgan fingerprint density at radius 3 is 2.04 bits per heavy atom. The molecule has 0 fully saturated rings. The zero-order valence-electron chi connectivity index (χ0n) is 14.6. The van der Waals surface area contributed by atoms with Crippen molar-refractivity contribution in [3.8, 4) is 23.3 Å². The quantitative estimate of drug-likeness (QED) is 0.734. The van der Waals surface area contributed by atoms with Crippen LogP contribution in [0.2, 0.25) is 0 Å². The van der Waals surface area contributed by atoms with Gasteiger partial charge in [0, 0.05) is 5.56 Å². The van der Waals surface area contributed by atoms with Gasteiger partial charge in [0.15, 0.2) is 0 Å². The van der Waals surface area contributed by atoms with Gasteiger partial charge in [-0.3, -0.25) is 0 Å². The van der Waals surface area contributed by atoms with E-state index in [1.807, 2.05) is 60.7 Å². The third-order valence-electron chi connectivity index (χ3n) is 4.90. The van der Waals surface area contributed by atoms with Gasteiger partial charge < -0.3 is 5.73 Å². The maximum absolute atomic E-state index is 9.89. The summed E-state index contributed by atoms with van der Waals surface area (Å²) in [6.07, 6.45) is 1.42. The molecule has 0 spiro atoms. The molecule has 1 aliphatic rings. The van der Waals surface area contributed by atoms with Crippen molar-refractivity contribution in [1.29, 1.82) is 10.5 Å². The van der Waals surface area contributed by atoms with E-state index in [4.69, 9.17) is 5.73 Å². The van der Waals surface area contributed by atoms with Gasteiger partial charge in [0.1, 0.15) is 23.5 Å². The molecule has 0 saturated heterocycles. The topological polar surface area (TPSA) is 86.5 Å². The van der Waals surface area contributed by atoms with Crippen molar-refractivity contribution in [1.82, 2.24) is 4.98 Å². The summed E-state index contributed by atoms with van der Waals surface area (Å²) in [5, 5.41) is 19.6. The predicted molar refractivity (Wildman–Crippen MR) is 106 cm³/mol. The maximum atomic E-state index is 9.89. The molecule has 1 aliphatic carbocycles. The van der Waals surface area contributed by atoms with Gasteiger partial charge in [0.2, 0.25) is 0 Å². The van der Waals surface area contributed by atoms with Crippen LogP contribution in [0.1, 0.15) is 28.8 Å². The standard InChI is InChI=1S/C23H16N4/c24-13-19-17(15-7-3-1-4-8-15)11-12-18-21(16-9-5-2-6-10-16)20(14-25)23(26)27-22(18)19/h1-10H,11-12H2,(H2,26,27). The molecule has 0 bridgehead atoms. The summed E-state index contributed by atoms with van der Waals surface area (Å²) < 4.78 is 0. The number of nitriles is 2. The highest BCUT2D eigenvalue weighted by Crippen LogP contribution is 2.42. The number of nitrogen functional groups attached to an aromatic ring is 1. The summed E-state index contributed by atoms with van der Waals surface area (Å²) >= 11 is 0. The van der Waals surface area contributed by atoms with Crippen LogP contribution in [-0.2, 0) is 6.42 Å². The van der Waals surface area contributed by atoms with E-state index in [-0.39, 0.29) is 5.82 Å². The van der Waals surface area contributed by atoms with E-state index in [0.717, 1.165) is 34.2 Å². The molecule has 0 atom stereocenters. The lowest BCUT2D eigenvalue weighted by Crippen LogP contribution is -2.12. The Morgan fingerprint density at radius 1 is 0.815 bits per heavy atom. The Bertz CT molecular complexity index is 1130. The van der Waals surface area contributed by atoms with E-state index in [9.17, 15) is 10.5 Å². The number of nitrogens with zero attached hydrogens (tertiary/aromatic N) is 3. The third-order valence-corrected chi connectivity index (χ3v) is 4.90. The average molecular weight is 348 g/mol. The molecule has 128 valence electrons. The summed E-state index contributed by atoms with van der Waals surface area (Å²) in [7, 11) is 0. The number of allylic oxidation sites excluding steroid dienone is 2. The van der Waals surface area contributed by atoms with Gasteiger partial charge in [0.25, 0.3) is 0 Å². The molecule has 2 aromatic carbocycles. The monoisotopic (exact) mass is 348 g/mol. The Morgan fingerprint density at radius 2 is 1.44 bits per heavy atom. The molecule has 27 heavy (non-hydrogen) atoms. The van der Waals surface area contributed by atoms with Gasteiger partial charge >= 0.3 is 0 Å². The zero-order valence-corrected chi connectivity index (χ0v) is 14.6. The Hall–Kier alpha value is -3.89. The van der Waals surface area contributed by atoms with Crippen molar-refractivity contribution >= 4 is 17.0 Å². The van der Waals surface area contributed by atoms with E-state index >= 15 is 0 Å². The fraction of sp³-hybridized carbons (Fsp3) is 0.0870. The summed E-state index contributed by atoms with van der Waals surface area (Å²) in [6, 6.07) is 24.1. The summed E-state index contributed by atoms with van der Waals surface area (Å²) in [5.41, 5.74) is 12.3. The van der Waals surface area contributed by atoms with Crippen LogP contribution in [0.3, 0.4) is 0 Å². The Labute approximate surface area is 157 Å². The van der Waals surface area contributed by atoms with Crippen LogP contribution in [0.4, 0.5) is 5.82 Å². The zero-order chi connectivity index (χ0) is 18.8. The van der Waals surface area contributed by atoms with E-state index < -0.39 is 0 Å². The molecule has 0 amide bonds. The second kappa shape index (κ2) is 6.78. The fourth-order valence-electron chi connectivity index (χ4n) is 3.69. The first-order valence-electron chi connectivity index (χ1n) is 8.71. The largest absolute Gasteiger partial charge is 0.383 e. The van der Waals surface area contributed by atoms with Gasteiger partial charge in [-0.2, -0.15) is 10.5 Å². The molecule has 4 nitrogen and oxygen atoms in total. The summed E-state index contributed by atoms with van der Waals surface area (Å²) in [4.78, 5) is 4.47. The summed E-state index contributed by atoms with van der Waals surface area (Å²) in [6.45, 7) is 0. The van der Waals surface area contributed by atoms with Crippen LogP contribution in [0.5, 0.6) is 0 Å². The molecule has 0 unspecified atom stereocenters. The molecule has 0 saturated carbocycles. The van der Waals surface area contributed by atoms with Gasteiger partial charge in [0.05, 0.1) is 11.3 Å². The number of hydrogen-bond acceptors (Lipinski definition) is 4. The van der Waals surface area contributed by atoms with E-state index in [1.54, 1.807) is 0 Å². The molecule has 1 heterocycles. The highest BCUT2D eigenvalue weighted by molar-refractivity contribution is 6.00. The predicted octanol–water partition coefficient (Wildman–Crippen LogP) is 4.58. The van der Waals surface area contributed by atoms with Gasteiger partial charge in [-0.05, 0) is 35.1 Å². The first-order chi connectivity index (χ1) is 13.2. The highest BCUT2D eigenvalue weighted by Gasteiger charge is 2.27. The molecule has 0 aliphatic heterocycles. The molecule has 2 N–H and O–H groups in total. The number of rotatable bonds is 2. The number of anilines is 1. The number of fused-ring (bicyclic) bond motifs is 1. The normalized spacial score (nSPS) is 12.8. The molecule has 1 aromatic heterocycles. The average Bonchev–Trinajstić information content (AvgIpc) is 2.73. The molecular weight excluding hydrogens is 332 g/mol. The van der Waals surface area contributed by atoms with E-state index in [2.05, 4.69) is 17.1 Å². The molecule has 4 rings (SSSR count).